The van der Waals surface area contributed by atoms with Crippen LogP contribution in [0, 0.1) is 19.7 Å². The molecule has 0 atom stereocenters. The van der Waals surface area contributed by atoms with Crippen LogP contribution in [0.5, 0.6) is 0 Å². The first-order valence-corrected chi connectivity index (χ1v) is 6.45. The minimum Gasteiger partial charge on any atom is -0.360 e. The zero-order chi connectivity index (χ0) is 13.3. The zero-order valence-electron chi connectivity index (χ0n) is 9.64. The van der Waals surface area contributed by atoms with Crippen LogP contribution in [0.4, 0.5) is 10.1 Å². The maximum Gasteiger partial charge on any atom is 0.267 e. The summed E-state index contributed by atoms with van der Waals surface area (Å²) >= 11 is 0. The zero-order valence-corrected chi connectivity index (χ0v) is 10.5. The van der Waals surface area contributed by atoms with Crippen molar-refractivity contribution in [2.75, 3.05) is 4.72 Å². The minimum absolute atomic E-state index is 0.0370. The molecule has 0 aliphatic rings. The Morgan fingerprint density at radius 1 is 1.33 bits per heavy atom. The normalized spacial score (nSPS) is 11.5. The Bertz CT molecular complexity index is 662. The van der Waals surface area contributed by atoms with Gasteiger partial charge in [0.2, 0.25) is 0 Å². The SMILES string of the molecule is Cc1noc(C)c1S(=O)(=O)Nc1cncc(F)c1. The summed E-state index contributed by atoms with van der Waals surface area (Å²) in [4.78, 5) is 3.50. The molecule has 0 aliphatic carbocycles. The van der Waals surface area contributed by atoms with Crippen LogP contribution >= 0.6 is 0 Å². The lowest BCUT2D eigenvalue weighted by atomic mass is 10.4. The van der Waals surface area contributed by atoms with Gasteiger partial charge in [-0.15, -0.1) is 0 Å². The summed E-state index contributed by atoms with van der Waals surface area (Å²) < 4.78 is 44.0. The standard InChI is InChI=1S/C10H10FN3O3S/c1-6-10(7(2)17-13-6)18(15,16)14-9-3-8(11)4-12-5-9/h3-5,14H,1-2H3. The topological polar surface area (TPSA) is 85.1 Å². The maximum absolute atomic E-state index is 12.9. The Labute approximate surface area is 103 Å². The van der Waals surface area contributed by atoms with E-state index in [4.69, 9.17) is 4.52 Å². The fourth-order valence-electron chi connectivity index (χ4n) is 1.53. The van der Waals surface area contributed by atoms with E-state index in [1.807, 2.05) is 0 Å². The predicted octanol–water partition coefficient (Wildman–Crippen LogP) is 1.63. The van der Waals surface area contributed by atoms with Crippen LogP contribution in [0.1, 0.15) is 11.5 Å². The fraction of sp³-hybridized carbons (Fsp3) is 0.200. The molecule has 0 aliphatic heterocycles. The molecule has 96 valence electrons. The summed E-state index contributed by atoms with van der Waals surface area (Å²) in [5.41, 5.74) is 0.277. The number of aryl methyl sites for hydroxylation is 2. The van der Waals surface area contributed by atoms with Crippen molar-refractivity contribution < 1.29 is 17.3 Å². The molecule has 0 unspecified atom stereocenters. The smallest absolute Gasteiger partial charge is 0.267 e. The van der Waals surface area contributed by atoms with Gasteiger partial charge in [0.15, 0.2) is 10.7 Å². The Hall–Kier alpha value is -1.96. The molecule has 2 heterocycles. The molecule has 0 amide bonds. The van der Waals surface area contributed by atoms with E-state index in [0.29, 0.717) is 0 Å². The number of rotatable bonds is 3. The van der Waals surface area contributed by atoms with Crippen LogP contribution in [0.25, 0.3) is 0 Å². The number of hydrogen-bond donors (Lipinski definition) is 1. The van der Waals surface area contributed by atoms with Gasteiger partial charge in [0, 0.05) is 6.07 Å². The van der Waals surface area contributed by atoms with Crippen molar-refractivity contribution in [3.63, 3.8) is 0 Å². The maximum atomic E-state index is 12.9. The first-order valence-electron chi connectivity index (χ1n) is 4.96. The van der Waals surface area contributed by atoms with Gasteiger partial charge in [-0.05, 0) is 13.8 Å². The number of aromatic nitrogens is 2. The third-order valence-electron chi connectivity index (χ3n) is 2.19. The molecule has 0 aromatic carbocycles. The number of sulfonamides is 1. The first-order chi connectivity index (χ1) is 8.40. The summed E-state index contributed by atoms with van der Waals surface area (Å²) in [7, 11) is -3.86. The van der Waals surface area contributed by atoms with Crippen LogP contribution < -0.4 is 4.72 Å². The quantitative estimate of drug-likeness (QED) is 0.917. The van der Waals surface area contributed by atoms with Crippen molar-refractivity contribution >= 4 is 15.7 Å². The van der Waals surface area contributed by atoms with Gasteiger partial charge in [-0.3, -0.25) is 9.71 Å². The molecule has 18 heavy (non-hydrogen) atoms. The molecule has 0 spiro atoms. The largest absolute Gasteiger partial charge is 0.360 e. The van der Waals surface area contributed by atoms with Crippen molar-refractivity contribution in [2.24, 2.45) is 0 Å². The van der Waals surface area contributed by atoms with E-state index in [0.717, 1.165) is 12.3 Å². The van der Waals surface area contributed by atoms with Crippen LogP contribution in [-0.4, -0.2) is 18.6 Å². The molecule has 1 N–H and O–H groups in total. The molecule has 2 rings (SSSR count). The molecule has 2 aromatic heterocycles. The molecule has 0 saturated carbocycles. The molecule has 0 fully saturated rings. The van der Waals surface area contributed by atoms with E-state index in [9.17, 15) is 12.8 Å². The van der Waals surface area contributed by atoms with E-state index < -0.39 is 15.8 Å². The third kappa shape index (κ3) is 2.33. The number of hydrogen-bond acceptors (Lipinski definition) is 5. The molecule has 0 saturated heterocycles. The van der Waals surface area contributed by atoms with Gasteiger partial charge in [-0.25, -0.2) is 12.8 Å². The Balaban J connectivity index is 2.39. The van der Waals surface area contributed by atoms with Crippen LogP contribution in [0.2, 0.25) is 0 Å². The lowest BCUT2D eigenvalue weighted by Crippen LogP contribution is -2.14. The van der Waals surface area contributed by atoms with Gasteiger partial charge in [0.1, 0.15) is 11.5 Å². The Morgan fingerprint density at radius 3 is 2.61 bits per heavy atom. The molecule has 8 heteroatoms. The predicted molar refractivity (Wildman–Crippen MR) is 61.0 cm³/mol. The van der Waals surface area contributed by atoms with Gasteiger partial charge in [0.05, 0.1) is 18.1 Å². The van der Waals surface area contributed by atoms with Gasteiger partial charge in [-0.2, -0.15) is 0 Å². The Kier molecular flexibility index (Phi) is 3.04. The number of anilines is 1. The van der Waals surface area contributed by atoms with Gasteiger partial charge in [-0.1, -0.05) is 5.16 Å². The second-order valence-electron chi connectivity index (χ2n) is 3.65. The van der Waals surface area contributed by atoms with Gasteiger partial charge in [0.25, 0.3) is 10.0 Å². The third-order valence-corrected chi connectivity index (χ3v) is 3.82. The van der Waals surface area contributed by atoms with E-state index in [1.165, 1.54) is 20.0 Å². The van der Waals surface area contributed by atoms with Crippen LogP contribution in [0.15, 0.2) is 27.9 Å². The average molecular weight is 271 g/mol. The van der Waals surface area contributed by atoms with E-state index in [1.54, 1.807) is 0 Å². The van der Waals surface area contributed by atoms with Crippen molar-refractivity contribution in [2.45, 2.75) is 18.7 Å². The highest BCUT2D eigenvalue weighted by molar-refractivity contribution is 7.92. The summed E-state index contributed by atoms with van der Waals surface area (Å²) in [6, 6.07) is 1.03. The van der Waals surface area contributed by atoms with Crippen molar-refractivity contribution in [1.29, 1.82) is 0 Å². The second kappa shape index (κ2) is 4.37. The number of pyridine rings is 1. The van der Waals surface area contributed by atoms with Gasteiger partial charge >= 0.3 is 0 Å². The highest BCUT2D eigenvalue weighted by atomic mass is 32.2. The molecule has 2 aromatic rings. The average Bonchev–Trinajstić information content (AvgIpc) is 2.58. The van der Waals surface area contributed by atoms with Crippen molar-refractivity contribution in [3.8, 4) is 0 Å². The minimum atomic E-state index is -3.86. The molecule has 6 nitrogen and oxygen atoms in total. The van der Waals surface area contributed by atoms with Crippen molar-refractivity contribution in [3.05, 3.63) is 35.7 Å². The summed E-state index contributed by atoms with van der Waals surface area (Å²) in [6.45, 7) is 2.99. The van der Waals surface area contributed by atoms with E-state index in [-0.39, 0.29) is 22.0 Å². The monoisotopic (exact) mass is 271 g/mol. The van der Waals surface area contributed by atoms with Crippen LogP contribution in [-0.2, 0) is 10.0 Å². The number of nitrogens with zero attached hydrogens (tertiary/aromatic N) is 2. The summed E-state index contributed by atoms with van der Waals surface area (Å²) in [6.07, 6.45) is 2.19. The van der Waals surface area contributed by atoms with Crippen molar-refractivity contribution in [1.82, 2.24) is 10.1 Å². The first kappa shape index (κ1) is 12.5. The Morgan fingerprint density at radius 2 is 2.06 bits per heavy atom. The number of nitrogens with one attached hydrogen (secondary N) is 1. The summed E-state index contributed by atoms with van der Waals surface area (Å²) in [5.74, 6) is -0.460. The lowest BCUT2D eigenvalue weighted by molar-refractivity contribution is 0.390. The van der Waals surface area contributed by atoms with E-state index in [2.05, 4.69) is 14.9 Å². The summed E-state index contributed by atoms with van der Waals surface area (Å²) in [5, 5.41) is 3.56. The molecular weight excluding hydrogens is 261 g/mol. The fourth-order valence-corrected chi connectivity index (χ4v) is 2.90. The number of halogens is 1. The van der Waals surface area contributed by atoms with E-state index >= 15 is 0 Å². The lowest BCUT2D eigenvalue weighted by Gasteiger charge is -2.06. The molecule has 0 bridgehead atoms. The molecular formula is C10H10FN3O3S. The van der Waals surface area contributed by atoms with Gasteiger partial charge < -0.3 is 4.52 Å². The van der Waals surface area contributed by atoms with Crippen LogP contribution in [0.3, 0.4) is 0 Å². The highest BCUT2D eigenvalue weighted by Crippen LogP contribution is 2.22. The molecule has 0 radical (unpaired) electrons. The highest BCUT2D eigenvalue weighted by Gasteiger charge is 2.24. The second-order valence-corrected chi connectivity index (χ2v) is 5.27.